The van der Waals surface area contributed by atoms with Gasteiger partial charge in [-0.15, -0.1) is 0 Å². The number of carbonyl (C=O) groups excluding carboxylic acids is 4. The number of carboxylic acids is 1. The van der Waals surface area contributed by atoms with E-state index in [0.29, 0.717) is 21.9 Å². The van der Waals surface area contributed by atoms with E-state index in [4.69, 9.17) is 37.4 Å². The van der Waals surface area contributed by atoms with Crippen LogP contribution in [0.15, 0.2) is 66.2 Å². The fraction of sp³-hybridized carbons (Fsp3) is 0.359. The highest BCUT2D eigenvalue weighted by molar-refractivity contribution is 6.36. The minimum atomic E-state index is -1.74. The number of phenolic OH excluding ortho intramolecular Hbond substituents is 1. The molecular formula is C39H37Cl2N3O10. The molecule has 2 saturated heterocycles. The number of imide groups is 2. The number of benzene rings is 3. The lowest BCUT2D eigenvalue weighted by molar-refractivity contribution is -0.142. The number of hydrazine groups is 1. The number of nitrogens with one attached hydrogen (secondary N) is 1. The number of nitrogens with zero attached hydrogens (tertiary/aromatic N) is 2. The molecule has 0 aromatic heterocycles. The topological polar surface area (TPSA) is 172 Å². The molecule has 0 bridgehead atoms. The molecule has 1 saturated carbocycles. The number of ether oxygens (including phenoxy) is 3. The Hall–Kier alpha value is -5.27. The molecule has 0 unspecified atom stereocenters. The van der Waals surface area contributed by atoms with Crippen molar-refractivity contribution in [1.29, 1.82) is 0 Å². The lowest BCUT2D eigenvalue weighted by Crippen LogP contribution is -2.53. The molecule has 3 aromatic carbocycles. The van der Waals surface area contributed by atoms with Crippen molar-refractivity contribution in [2.24, 2.45) is 23.7 Å². The first-order valence-corrected chi connectivity index (χ1v) is 18.1. The van der Waals surface area contributed by atoms with Crippen molar-refractivity contribution < 1.29 is 48.4 Å². The molecule has 4 aliphatic rings. The molecule has 282 valence electrons. The number of aliphatic carboxylic acids is 1. The van der Waals surface area contributed by atoms with E-state index >= 15 is 4.79 Å². The number of amides is 4. The number of rotatable bonds is 11. The van der Waals surface area contributed by atoms with E-state index in [2.05, 4.69) is 5.43 Å². The van der Waals surface area contributed by atoms with Crippen LogP contribution in [0.3, 0.4) is 0 Å². The van der Waals surface area contributed by atoms with Crippen LogP contribution in [-0.2, 0) is 29.4 Å². The second kappa shape index (κ2) is 14.2. The van der Waals surface area contributed by atoms with Gasteiger partial charge in [-0.2, -0.15) is 5.01 Å². The van der Waals surface area contributed by atoms with Gasteiger partial charge in [0.15, 0.2) is 0 Å². The summed E-state index contributed by atoms with van der Waals surface area (Å²) in [6, 6.07) is 14.3. The van der Waals surface area contributed by atoms with Crippen molar-refractivity contribution >= 4 is 58.5 Å². The third kappa shape index (κ3) is 5.72. The second-order valence-electron chi connectivity index (χ2n) is 13.8. The summed E-state index contributed by atoms with van der Waals surface area (Å²) in [5, 5.41) is 22.5. The summed E-state index contributed by atoms with van der Waals surface area (Å²) in [5.74, 6) is -7.15. The molecule has 0 radical (unpaired) electrons. The summed E-state index contributed by atoms with van der Waals surface area (Å²) >= 11 is 12.7. The van der Waals surface area contributed by atoms with Gasteiger partial charge in [-0.1, -0.05) is 47.0 Å². The van der Waals surface area contributed by atoms with Crippen LogP contribution in [0.2, 0.25) is 10.0 Å². The van der Waals surface area contributed by atoms with Crippen LogP contribution in [0.1, 0.15) is 42.7 Å². The van der Waals surface area contributed by atoms with E-state index in [1.54, 1.807) is 36.4 Å². The van der Waals surface area contributed by atoms with E-state index < -0.39 is 64.6 Å². The summed E-state index contributed by atoms with van der Waals surface area (Å²) in [6.45, 7) is -0.0638. The van der Waals surface area contributed by atoms with Crippen LogP contribution in [0.4, 0.5) is 5.69 Å². The number of fused-ring (bicyclic) bond motifs is 4. The maximum Gasteiger partial charge on any atom is 0.303 e. The number of allylic oxidation sites excluding steroid dienone is 2. The first-order valence-electron chi connectivity index (χ1n) is 17.3. The first kappa shape index (κ1) is 37.1. The van der Waals surface area contributed by atoms with Gasteiger partial charge in [0.05, 0.1) is 55.2 Å². The van der Waals surface area contributed by atoms with Gasteiger partial charge in [0.25, 0.3) is 11.8 Å². The fourth-order valence-corrected chi connectivity index (χ4v) is 9.45. The van der Waals surface area contributed by atoms with E-state index in [0.717, 1.165) is 9.91 Å². The number of carboxylic acid groups (broad SMARTS) is 1. The molecule has 7 rings (SSSR count). The van der Waals surface area contributed by atoms with E-state index in [1.165, 1.54) is 39.5 Å². The Morgan fingerprint density at radius 3 is 2.28 bits per heavy atom. The van der Waals surface area contributed by atoms with Crippen LogP contribution >= 0.6 is 23.2 Å². The van der Waals surface area contributed by atoms with Gasteiger partial charge >= 0.3 is 5.97 Å². The quantitative estimate of drug-likeness (QED) is 0.164. The number of likely N-dealkylation sites (tertiary alicyclic amines) is 1. The Bertz CT molecular complexity index is 2110. The van der Waals surface area contributed by atoms with Gasteiger partial charge < -0.3 is 24.4 Å². The maximum atomic E-state index is 15.5. The number of carbonyl (C=O) groups is 5. The standard InChI is InChI=1S/C39H37Cl2N3O10/c1-52-21-9-6-19(7-10-21)39-26(36(49)44(38(39)51)42-28-13-8-20(40)15-27(28)41)18-25-23(34(39)33-29(45)16-22(53-2)17-30(33)54-3)11-12-24-32(25)37(50)43(35(24)48)14-4-5-31(46)47/h6-11,13,15-17,24-26,32,34,42,45H,4-5,12,14,18H2,1-3H3,(H,46,47)/t24-,25+,26-,32-,34+,39+/m0/s1. The number of aromatic hydroxyl groups is 1. The van der Waals surface area contributed by atoms with Crippen molar-refractivity contribution in [2.75, 3.05) is 33.3 Å². The highest BCUT2D eigenvalue weighted by Crippen LogP contribution is 2.66. The highest BCUT2D eigenvalue weighted by atomic mass is 35.5. The van der Waals surface area contributed by atoms with Gasteiger partial charge in [0.2, 0.25) is 11.8 Å². The van der Waals surface area contributed by atoms with Crippen molar-refractivity contribution in [3.05, 3.63) is 87.4 Å². The third-order valence-electron chi connectivity index (χ3n) is 11.3. The van der Waals surface area contributed by atoms with Crippen molar-refractivity contribution in [3.63, 3.8) is 0 Å². The molecule has 54 heavy (non-hydrogen) atoms. The number of halogens is 2. The zero-order valence-electron chi connectivity index (χ0n) is 29.5. The fourth-order valence-electron chi connectivity index (χ4n) is 9.00. The molecule has 2 aliphatic carbocycles. The van der Waals surface area contributed by atoms with E-state index in [1.807, 2.05) is 6.08 Å². The zero-order valence-corrected chi connectivity index (χ0v) is 31.0. The Morgan fingerprint density at radius 2 is 1.63 bits per heavy atom. The van der Waals surface area contributed by atoms with Crippen LogP contribution in [0, 0.1) is 23.7 Å². The van der Waals surface area contributed by atoms with Gasteiger partial charge in [0, 0.05) is 41.6 Å². The normalized spacial score (nSPS) is 25.9. The van der Waals surface area contributed by atoms with Gasteiger partial charge in [-0.3, -0.25) is 34.3 Å². The Labute approximate surface area is 320 Å². The number of hydrogen-bond acceptors (Lipinski definition) is 10. The average molecular weight is 779 g/mol. The minimum absolute atomic E-state index is 0.00610. The molecule has 2 heterocycles. The molecule has 3 aromatic rings. The SMILES string of the molecule is COc1ccc([C@@]23C(=O)N(Nc4ccc(Cl)cc4Cl)C(=O)[C@@H]2C[C@@H]2C(=CC[C@@H]4C(=O)N(CCCC(=O)O)C(=O)[C@@H]42)[C@@H]3c2c(O)cc(OC)cc2OC)cc1. The molecule has 13 nitrogen and oxygen atoms in total. The highest BCUT2D eigenvalue weighted by Gasteiger charge is 2.71. The maximum absolute atomic E-state index is 15.5. The molecule has 15 heteroatoms. The van der Waals surface area contributed by atoms with Crippen LogP contribution < -0.4 is 19.6 Å². The predicted octanol–water partition coefficient (Wildman–Crippen LogP) is 5.57. The van der Waals surface area contributed by atoms with Gasteiger partial charge in [-0.25, -0.2) is 0 Å². The minimum Gasteiger partial charge on any atom is -0.507 e. The summed E-state index contributed by atoms with van der Waals surface area (Å²) < 4.78 is 16.7. The first-order chi connectivity index (χ1) is 25.9. The van der Waals surface area contributed by atoms with Crippen LogP contribution in [0.5, 0.6) is 23.0 Å². The second-order valence-corrected chi connectivity index (χ2v) is 14.6. The molecule has 2 aliphatic heterocycles. The predicted molar refractivity (Wildman–Crippen MR) is 195 cm³/mol. The summed E-state index contributed by atoms with van der Waals surface area (Å²) in [7, 11) is 4.34. The summed E-state index contributed by atoms with van der Waals surface area (Å²) in [4.78, 5) is 70.8. The average Bonchev–Trinajstić information content (AvgIpc) is 3.52. The third-order valence-corrected chi connectivity index (χ3v) is 11.8. The lowest BCUT2D eigenvalue weighted by Gasteiger charge is -2.50. The molecule has 6 atom stereocenters. The van der Waals surface area contributed by atoms with Crippen LogP contribution in [0.25, 0.3) is 0 Å². The van der Waals surface area contributed by atoms with E-state index in [9.17, 15) is 29.4 Å². The number of anilines is 1. The molecule has 3 N–H and O–H groups in total. The summed E-state index contributed by atoms with van der Waals surface area (Å²) in [6.07, 6.45) is 1.84. The van der Waals surface area contributed by atoms with Gasteiger partial charge in [-0.05, 0) is 61.1 Å². The number of methoxy groups -OCH3 is 3. The molecule has 0 spiro atoms. The number of hydrogen-bond donors (Lipinski definition) is 3. The lowest BCUT2D eigenvalue weighted by atomic mass is 9.49. The number of phenols is 1. The van der Waals surface area contributed by atoms with Crippen LogP contribution in [-0.4, -0.2) is 77.6 Å². The van der Waals surface area contributed by atoms with Crippen molar-refractivity contribution in [3.8, 4) is 23.0 Å². The van der Waals surface area contributed by atoms with Crippen molar-refractivity contribution in [2.45, 2.75) is 37.0 Å². The smallest absolute Gasteiger partial charge is 0.303 e. The van der Waals surface area contributed by atoms with Crippen molar-refractivity contribution in [1.82, 2.24) is 9.91 Å². The Morgan fingerprint density at radius 1 is 0.907 bits per heavy atom. The van der Waals surface area contributed by atoms with E-state index in [-0.39, 0.29) is 65.8 Å². The molecule has 3 fully saturated rings. The Balaban J connectivity index is 1.46. The Kier molecular flexibility index (Phi) is 9.73. The molecule has 4 amide bonds. The largest absolute Gasteiger partial charge is 0.507 e. The monoisotopic (exact) mass is 777 g/mol. The van der Waals surface area contributed by atoms with Gasteiger partial charge in [0.1, 0.15) is 23.0 Å². The molecular weight excluding hydrogens is 741 g/mol. The zero-order chi connectivity index (χ0) is 38.6. The summed E-state index contributed by atoms with van der Waals surface area (Å²) in [5.41, 5.74) is 2.64.